The van der Waals surface area contributed by atoms with Crippen LogP contribution in [0.3, 0.4) is 0 Å². The lowest BCUT2D eigenvalue weighted by atomic mass is 10.0. The third-order valence-corrected chi connectivity index (χ3v) is 5.06. The predicted molar refractivity (Wildman–Crippen MR) is 125 cm³/mol. The van der Waals surface area contributed by atoms with Crippen LogP contribution in [-0.2, 0) is 22.6 Å². The molecule has 0 unspecified atom stereocenters. The quantitative estimate of drug-likeness (QED) is 0.385. The van der Waals surface area contributed by atoms with Crippen LogP contribution in [0.5, 0.6) is 0 Å². The fourth-order valence-electron chi connectivity index (χ4n) is 3.20. The Morgan fingerprint density at radius 2 is 1.67 bits per heavy atom. The van der Waals surface area contributed by atoms with Crippen molar-refractivity contribution in [3.8, 4) is 0 Å². The Morgan fingerprint density at radius 3 is 2.33 bits per heavy atom. The highest BCUT2D eigenvalue weighted by molar-refractivity contribution is 5.97. The van der Waals surface area contributed by atoms with E-state index in [1.807, 2.05) is 62.4 Å². The fraction of sp³-hybridized carbons (Fsp3) is 0.200. The van der Waals surface area contributed by atoms with Gasteiger partial charge in [0, 0.05) is 24.2 Å². The van der Waals surface area contributed by atoms with Crippen LogP contribution < -0.4 is 10.6 Å². The molecule has 0 aliphatic heterocycles. The van der Waals surface area contributed by atoms with E-state index in [4.69, 9.17) is 4.74 Å². The van der Waals surface area contributed by atoms with Crippen LogP contribution >= 0.6 is 0 Å². The SMILES string of the molecule is Cc1ccc(C)c(NC(=O)[C@H](Cc2ccc([N+](=O)[O-])cc2)NC(=O)OCc2ccccc2)c1. The van der Waals surface area contributed by atoms with Crippen molar-refractivity contribution in [2.45, 2.75) is 32.9 Å². The third kappa shape index (κ3) is 6.90. The molecule has 0 aliphatic rings. The number of aryl methyl sites for hydroxylation is 2. The first-order valence-electron chi connectivity index (χ1n) is 10.4. The minimum absolute atomic E-state index is 0.0506. The van der Waals surface area contributed by atoms with E-state index >= 15 is 0 Å². The van der Waals surface area contributed by atoms with Gasteiger partial charge in [-0.15, -0.1) is 0 Å². The molecule has 3 aromatic rings. The molecule has 0 aliphatic carbocycles. The van der Waals surface area contributed by atoms with Gasteiger partial charge in [-0.05, 0) is 42.2 Å². The Balaban J connectivity index is 1.74. The van der Waals surface area contributed by atoms with Gasteiger partial charge in [0.25, 0.3) is 5.69 Å². The second-order valence-electron chi connectivity index (χ2n) is 7.69. The lowest BCUT2D eigenvalue weighted by Gasteiger charge is -2.19. The third-order valence-electron chi connectivity index (χ3n) is 5.06. The second-order valence-corrected chi connectivity index (χ2v) is 7.69. The number of hydrogen-bond donors (Lipinski definition) is 2. The highest BCUT2D eigenvalue weighted by Crippen LogP contribution is 2.18. The van der Waals surface area contributed by atoms with Crippen molar-refractivity contribution in [3.05, 3.63) is 105 Å². The van der Waals surface area contributed by atoms with Crippen LogP contribution in [0.25, 0.3) is 0 Å². The molecule has 8 heteroatoms. The monoisotopic (exact) mass is 447 g/mol. The van der Waals surface area contributed by atoms with Gasteiger partial charge in [-0.25, -0.2) is 4.79 Å². The van der Waals surface area contributed by atoms with Crippen LogP contribution in [0.1, 0.15) is 22.3 Å². The van der Waals surface area contributed by atoms with E-state index in [2.05, 4.69) is 10.6 Å². The molecule has 0 saturated carbocycles. The summed E-state index contributed by atoms with van der Waals surface area (Å²) in [5, 5.41) is 16.4. The number of ether oxygens (including phenoxy) is 1. The molecular formula is C25H25N3O5. The van der Waals surface area contributed by atoms with Gasteiger partial charge in [0.1, 0.15) is 12.6 Å². The number of nitrogens with one attached hydrogen (secondary N) is 2. The summed E-state index contributed by atoms with van der Waals surface area (Å²) in [6, 6.07) is 19.8. The number of nitrogens with zero attached hydrogens (tertiary/aromatic N) is 1. The van der Waals surface area contributed by atoms with Crippen LogP contribution in [0, 0.1) is 24.0 Å². The van der Waals surface area contributed by atoms with Crippen molar-refractivity contribution < 1.29 is 19.2 Å². The van der Waals surface area contributed by atoms with E-state index in [0.717, 1.165) is 16.7 Å². The topological polar surface area (TPSA) is 111 Å². The zero-order chi connectivity index (χ0) is 23.8. The lowest BCUT2D eigenvalue weighted by molar-refractivity contribution is -0.384. The number of rotatable bonds is 8. The molecule has 0 radical (unpaired) electrons. The van der Waals surface area contributed by atoms with Gasteiger partial charge in [-0.3, -0.25) is 14.9 Å². The number of amides is 2. The standard InChI is InChI=1S/C25H25N3O5/c1-17-8-9-18(2)22(14-17)26-24(29)23(15-19-10-12-21(13-11-19)28(31)32)27-25(30)33-16-20-6-4-3-5-7-20/h3-14,23H,15-16H2,1-2H3,(H,26,29)(H,27,30)/t23-/m0/s1. The number of anilines is 1. The molecule has 3 rings (SSSR count). The maximum atomic E-state index is 13.1. The minimum atomic E-state index is -0.949. The highest BCUT2D eigenvalue weighted by atomic mass is 16.6. The zero-order valence-electron chi connectivity index (χ0n) is 18.4. The summed E-state index contributed by atoms with van der Waals surface area (Å²) in [5.74, 6) is -0.418. The number of nitro groups is 1. The molecule has 0 bridgehead atoms. The predicted octanol–water partition coefficient (Wildman–Crippen LogP) is 4.69. The van der Waals surface area contributed by atoms with E-state index in [1.54, 1.807) is 12.1 Å². The summed E-state index contributed by atoms with van der Waals surface area (Å²) in [6.45, 7) is 3.86. The zero-order valence-corrected chi connectivity index (χ0v) is 18.4. The first-order chi connectivity index (χ1) is 15.8. The maximum Gasteiger partial charge on any atom is 0.408 e. The largest absolute Gasteiger partial charge is 0.445 e. The number of alkyl carbamates (subject to hydrolysis) is 1. The number of nitro benzene ring substituents is 1. The van der Waals surface area contributed by atoms with E-state index in [0.29, 0.717) is 11.3 Å². The van der Waals surface area contributed by atoms with Crippen LogP contribution in [0.15, 0.2) is 72.8 Å². The molecule has 1 atom stereocenters. The van der Waals surface area contributed by atoms with Crippen molar-refractivity contribution in [1.29, 1.82) is 0 Å². The molecule has 3 aromatic carbocycles. The summed E-state index contributed by atoms with van der Waals surface area (Å²) in [4.78, 5) is 35.9. The van der Waals surface area contributed by atoms with Crippen molar-refractivity contribution in [2.75, 3.05) is 5.32 Å². The van der Waals surface area contributed by atoms with E-state index in [-0.39, 0.29) is 18.7 Å². The lowest BCUT2D eigenvalue weighted by Crippen LogP contribution is -2.45. The Morgan fingerprint density at radius 1 is 0.970 bits per heavy atom. The van der Waals surface area contributed by atoms with Gasteiger partial charge < -0.3 is 15.4 Å². The van der Waals surface area contributed by atoms with Crippen LogP contribution in [-0.4, -0.2) is 23.0 Å². The number of hydrogen-bond acceptors (Lipinski definition) is 5. The molecule has 2 N–H and O–H groups in total. The summed E-state index contributed by atoms with van der Waals surface area (Å²) >= 11 is 0. The number of carbonyl (C=O) groups excluding carboxylic acids is 2. The Bertz CT molecular complexity index is 1130. The summed E-state index contributed by atoms with van der Waals surface area (Å²) in [7, 11) is 0. The van der Waals surface area contributed by atoms with Crippen molar-refractivity contribution in [2.24, 2.45) is 0 Å². The summed E-state index contributed by atoms with van der Waals surface area (Å²) in [5.41, 5.74) is 3.94. The van der Waals surface area contributed by atoms with Crippen molar-refractivity contribution in [3.63, 3.8) is 0 Å². The molecule has 0 fully saturated rings. The smallest absolute Gasteiger partial charge is 0.408 e. The molecule has 2 amide bonds. The Hall–Kier alpha value is -4.20. The number of carbonyl (C=O) groups is 2. The maximum absolute atomic E-state index is 13.1. The molecule has 0 aromatic heterocycles. The van der Waals surface area contributed by atoms with Gasteiger partial charge >= 0.3 is 6.09 Å². The molecule has 0 spiro atoms. The van der Waals surface area contributed by atoms with Crippen molar-refractivity contribution >= 4 is 23.4 Å². The van der Waals surface area contributed by atoms with Gasteiger partial charge in [0.2, 0.25) is 5.91 Å². The summed E-state index contributed by atoms with van der Waals surface area (Å²) < 4.78 is 5.27. The molecule has 8 nitrogen and oxygen atoms in total. The Labute approximate surface area is 191 Å². The molecule has 170 valence electrons. The average Bonchev–Trinajstić information content (AvgIpc) is 2.80. The van der Waals surface area contributed by atoms with Gasteiger partial charge in [0.05, 0.1) is 4.92 Å². The van der Waals surface area contributed by atoms with E-state index in [1.165, 1.54) is 12.1 Å². The fourth-order valence-corrected chi connectivity index (χ4v) is 3.20. The molecule has 0 saturated heterocycles. The van der Waals surface area contributed by atoms with Gasteiger partial charge in [-0.1, -0.05) is 54.6 Å². The normalized spacial score (nSPS) is 11.3. The molecule has 33 heavy (non-hydrogen) atoms. The number of non-ortho nitro benzene ring substituents is 1. The van der Waals surface area contributed by atoms with E-state index < -0.39 is 23.0 Å². The van der Waals surface area contributed by atoms with Gasteiger partial charge in [-0.2, -0.15) is 0 Å². The minimum Gasteiger partial charge on any atom is -0.445 e. The average molecular weight is 447 g/mol. The van der Waals surface area contributed by atoms with Crippen LogP contribution in [0.4, 0.5) is 16.2 Å². The molecular weight excluding hydrogens is 422 g/mol. The summed E-state index contributed by atoms with van der Waals surface area (Å²) in [6.07, 6.45) is -0.600. The Kier molecular flexibility index (Phi) is 7.75. The first kappa shape index (κ1) is 23.5. The first-order valence-corrected chi connectivity index (χ1v) is 10.4. The van der Waals surface area contributed by atoms with E-state index in [9.17, 15) is 19.7 Å². The second kappa shape index (κ2) is 10.9. The van der Waals surface area contributed by atoms with Crippen molar-refractivity contribution in [1.82, 2.24) is 5.32 Å². The highest BCUT2D eigenvalue weighted by Gasteiger charge is 2.23. The molecule has 0 heterocycles. The number of benzene rings is 3. The van der Waals surface area contributed by atoms with Gasteiger partial charge in [0.15, 0.2) is 0 Å². The van der Waals surface area contributed by atoms with Crippen LogP contribution in [0.2, 0.25) is 0 Å².